The van der Waals surface area contributed by atoms with E-state index in [1.165, 1.54) is 24.3 Å². The molecule has 1 amide bonds. The van der Waals surface area contributed by atoms with Gasteiger partial charge < -0.3 is 11.1 Å². The summed E-state index contributed by atoms with van der Waals surface area (Å²) in [6.07, 6.45) is 0.693. The molecule has 0 aliphatic rings. The minimum absolute atomic E-state index is 0.101. The molecule has 0 saturated carbocycles. The quantitative estimate of drug-likeness (QED) is 0.658. The van der Waals surface area contributed by atoms with Crippen molar-refractivity contribution in [3.63, 3.8) is 0 Å². The molecule has 7 heteroatoms. The zero-order valence-corrected chi connectivity index (χ0v) is 15.2. The fourth-order valence-electron chi connectivity index (χ4n) is 2.21. The topological polar surface area (TPSA) is 101 Å². The summed E-state index contributed by atoms with van der Waals surface area (Å²) in [5.41, 5.74) is 8.38. The van der Waals surface area contributed by atoms with E-state index in [0.29, 0.717) is 30.8 Å². The molecule has 0 heterocycles. The summed E-state index contributed by atoms with van der Waals surface area (Å²) in [5, 5.41) is 2.73. The number of carbonyl (C=O) groups excluding carboxylic acids is 1. The van der Waals surface area contributed by atoms with Crippen LogP contribution >= 0.6 is 0 Å². The molecule has 0 spiro atoms. The van der Waals surface area contributed by atoms with Crippen molar-refractivity contribution < 1.29 is 13.2 Å². The second-order valence-corrected chi connectivity index (χ2v) is 7.51. The minimum atomic E-state index is -3.70. The second kappa shape index (κ2) is 8.13. The van der Waals surface area contributed by atoms with Crippen molar-refractivity contribution >= 4 is 21.6 Å². The first-order valence-corrected chi connectivity index (χ1v) is 9.50. The van der Waals surface area contributed by atoms with E-state index in [4.69, 9.17) is 5.73 Å². The molecule has 0 fully saturated rings. The highest BCUT2D eigenvalue weighted by Crippen LogP contribution is 2.19. The van der Waals surface area contributed by atoms with Crippen LogP contribution in [-0.4, -0.2) is 27.4 Å². The molecule has 0 atom stereocenters. The number of rotatable bonds is 7. The van der Waals surface area contributed by atoms with E-state index >= 15 is 0 Å². The first-order valence-electron chi connectivity index (χ1n) is 8.02. The van der Waals surface area contributed by atoms with Crippen molar-refractivity contribution in [1.29, 1.82) is 0 Å². The molecule has 25 heavy (non-hydrogen) atoms. The van der Waals surface area contributed by atoms with Gasteiger partial charge in [0.2, 0.25) is 0 Å². The van der Waals surface area contributed by atoms with Crippen LogP contribution in [0.5, 0.6) is 0 Å². The lowest BCUT2D eigenvalue weighted by molar-refractivity contribution is 0.0953. The maximum atomic E-state index is 12.5. The molecule has 0 aliphatic carbocycles. The van der Waals surface area contributed by atoms with Gasteiger partial charge >= 0.3 is 0 Å². The van der Waals surface area contributed by atoms with Crippen LogP contribution in [0.3, 0.4) is 0 Å². The summed E-state index contributed by atoms with van der Waals surface area (Å²) in [6.45, 7) is 4.88. The van der Waals surface area contributed by atoms with Crippen LogP contribution in [0.2, 0.25) is 0 Å². The third kappa shape index (κ3) is 5.04. The van der Waals surface area contributed by atoms with Gasteiger partial charge in [0.1, 0.15) is 0 Å². The van der Waals surface area contributed by atoms with E-state index in [1.54, 1.807) is 12.1 Å². The number of anilines is 1. The molecular formula is C18H23N3O3S. The molecule has 6 nitrogen and oxygen atoms in total. The van der Waals surface area contributed by atoms with Crippen LogP contribution in [0, 0.1) is 13.8 Å². The lowest BCUT2D eigenvalue weighted by Crippen LogP contribution is -2.26. The lowest BCUT2D eigenvalue weighted by atomic mass is 10.1. The van der Waals surface area contributed by atoms with Gasteiger partial charge in [0.15, 0.2) is 0 Å². The maximum absolute atomic E-state index is 12.5. The number of benzene rings is 2. The Labute approximate surface area is 148 Å². The Kier molecular flexibility index (Phi) is 6.17. The average molecular weight is 361 g/mol. The molecule has 0 bridgehead atoms. The van der Waals surface area contributed by atoms with E-state index in [1.807, 2.05) is 19.9 Å². The summed E-state index contributed by atoms with van der Waals surface area (Å²) in [4.78, 5) is 12.0. The summed E-state index contributed by atoms with van der Waals surface area (Å²) in [7, 11) is -3.70. The predicted molar refractivity (Wildman–Crippen MR) is 99.2 cm³/mol. The number of carbonyl (C=O) groups is 1. The van der Waals surface area contributed by atoms with Crippen LogP contribution in [-0.2, 0) is 10.0 Å². The zero-order chi connectivity index (χ0) is 18.4. The second-order valence-electron chi connectivity index (χ2n) is 5.83. The molecule has 0 unspecified atom stereocenters. The number of sulfonamides is 1. The zero-order valence-electron chi connectivity index (χ0n) is 14.4. The molecule has 2 rings (SSSR count). The molecule has 2 aromatic rings. The average Bonchev–Trinajstić information content (AvgIpc) is 2.58. The molecule has 0 aromatic heterocycles. The molecular weight excluding hydrogens is 338 g/mol. The predicted octanol–water partition coefficient (Wildman–Crippen LogP) is 2.18. The highest BCUT2D eigenvalue weighted by Gasteiger charge is 2.15. The Morgan fingerprint density at radius 1 is 1.04 bits per heavy atom. The number of nitrogens with one attached hydrogen (secondary N) is 2. The van der Waals surface area contributed by atoms with Gasteiger partial charge in [-0.1, -0.05) is 6.07 Å². The summed E-state index contributed by atoms with van der Waals surface area (Å²) >= 11 is 0. The lowest BCUT2D eigenvalue weighted by Gasteiger charge is -2.10. The first kappa shape index (κ1) is 19.0. The van der Waals surface area contributed by atoms with Crippen molar-refractivity contribution in [3.8, 4) is 0 Å². The standard InChI is InChI=1S/C18H23N3O3S/c1-13-4-7-16(12-14(13)2)21-25(23,24)17-8-5-15(6-9-17)18(22)20-11-3-10-19/h4-9,12,21H,3,10-11,19H2,1-2H3,(H,20,22). The largest absolute Gasteiger partial charge is 0.352 e. The van der Waals surface area contributed by atoms with Gasteiger partial charge in [-0.05, 0) is 74.3 Å². The van der Waals surface area contributed by atoms with Crippen molar-refractivity contribution in [1.82, 2.24) is 5.32 Å². The normalized spacial score (nSPS) is 11.2. The fourth-order valence-corrected chi connectivity index (χ4v) is 3.26. The van der Waals surface area contributed by atoms with E-state index in [0.717, 1.165) is 11.1 Å². The Morgan fingerprint density at radius 3 is 2.32 bits per heavy atom. The monoisotopic (exact) mass is 361 g/mol. The van der Waals surface area contributed by atoms with Crippen molar-refractivity contribution in [2.75, 3.05) is 17.8 Å². The fraction of sp³-hybridized carbons (Fsp3) is 0.278. The molecule has 2 aromatic carbocycles. The van der Waals surface area contributed by atoms with Crippen molar-refractivity contribution in [2.45, 2.75) is 25.2 Å². The van der Waals surface area contributed by atoms with E-state index in [2.05, 4.69) is 10.0 Å². The molecule has 0 radical (unpaired) electrons. The van der Waals surface area contributed by atoms with Gasteiger partial charge in [0.25, 0.3) is 15.9 Å². The maximum Gasteiger partial charge on any atom is 0.261 e. The number of hydrogen-bond acceptors (Lipinski definition) is 4. The minimum Gasteiger partial charge on any atom is -0.352 e. The number of amides is 1. The summed E-state index contributed by atoms with van der Waals surface area (Å²) < 4.78 is 27.5. The number of aryl methyl sites for hydroxylation is 2. The Morgan fingerprint density at radius 2 is 1.72 bits per heavy atom. The van der Waals surface area contributed by atoms with Crippen molar-refractivity contribution in [2.24, 2.45) is 5.73 Å². The summed E-state index contributed by atoms with van der Waals surface area (Å²) in [6, 6.07) is 11.2. The van der Waals surface area contributed by atoms with Gasteiger partial charge in [-0.15, -0.1) is 0 Å². The van der Waals surface area contributed by atoms with Gasteiger partial charge in [0, 0.05) is 17.8 Å². The first-order chi connectivity index (χ1) is 11.8. The van der Waals surface area contributed by atoms with Crippen molar-refractivity contribution in [3.05, 3.63) is 59.2 Å². The Hall–Kier alpha value is -2.38. The van der Waals surface area contributed by atoms with Crippen LogP contribution in [0.1, 0.15) is 27.9 Å². The molecule has 0 aliphatic heterocycles. The summed E-state index contributed by atoms with van der Waals surface area (Å²) in [5.74, 6) is -0.250. The Bertz CT molecular complexity index is 846. The SMILES string of the molecule is Cc1ccc(NS(=O)(=O)c2ccc(C(=O)NCCCN)cc2)cc1C. The van der Waals surface area contributed by atoms with Crippen LogP contribution in [0.4, 0.5) is 5.69 Å². The van der Waals surface area contributed by atoms with E-state index in [-0.39, 0.29) is 10.8 Å². The van der Waals surface area contributed by atoms with E-state index in [9.17, 15) is 13.2 Å². The van der Waals surface area contributed by atoms with Gasteiger partial charge in [-0.2, -0.15) is 0 Å². The molecule has 0 saturated heterocycles. The van der Waals surface area contributed by atoms with Gasteiger partial charge in [-0.25, -0.2) is 8.42 Å². The molecule has 4 N–H and O–H groups in total. The van der Waals surface area contributed by atoms with Crippen LogP contribution < -0.4 is 15.8 Å². The van der Waals surface area contributed by atoms with Crippen LogP contribution in [0.15, 0.2) is 47.4 Å². The Balaban J connectivity index is 2.11. The third-order valence-electron chi connectivity index (χ3n) is 3.85. The highest BCUT2D eigenvalue weighted by molar-refractivity contribution is 7.92. The van der Waals surface area contributed by atoms with Gasteiger partial charge in [-0.3, -0.25) is 9.52 Å². The number of nitrogens with two attached hydrogens (primary N) is 1. The smallest absolute Gasteiger partial charge is 0.261 e. The third-order valence-corrected chi connectivity index (χ3v) is 5.25. The number of hydrogen-bond donors (Lipinski definition) is 3. The van der Waals surface area contributed by atoms with Crippen LogP contribution in [0.25, 0.3) is 0 Å². The highest BCUT2D eigenvalue weighted by atomic mass is 32.2. The van der Waals surface area contributed by atoms with Gasteiger partial charge in [0.05, 0.1) is 4.90 Å². The van der Waals surface area contributed by atoms with E-state index < -0.39 is 10.0 Å². The molecule has 134 valence electrons.